The summed E-state index contributed by atoms with van der Waals surface area (Å²) >= 11 is 13.1. The van der Waals surface area contributed by atoms with Gasteiger partial charge in [-0.15, -0.1) is 11.3 Å². The normalized spacial score (nSPS) is 10.5. The van der Waals surface area contributed by atoms with Gasteiger partial charge in [0.05, 0.1) is 10.7 Å². The van der Waals surface area contributed by atoms with Gasteiger partial charge >= 0.3 is 0 Å². The molecule has 0 saturated carbocycles. The molecule has 0 radical (unpaired) electrons. The van der Waals surface area contributed by atoms with E-state index >= 15 is 0 Å². The fourth-order valence-corrected chi connectivity index (χ4v) is 3.25. The lowest BCUT2D eigenvalue weighted by Gasteiger charge is -2.07. The number of benzene rings is 2. The van der Waals surface area contributed by atoms with Crippen molar-refractivity contribution in [3.63, 3.8) is 0 Å². The van der Waals surface area contributed by atoms with Crippen LogP contribution in [0.15, 0.2) is 47.8 Å². The zero-order chi connectivity index (χ0) is 17.8. The van der Waals surface area contributed by atoms with E-state index < -0.39 is 0 Å². The molecule has 0 bridgehead atoms. The minimum absolute atomic E-state index is 0.186. The molecule has 0 aliphatic rings. The van der Waals surface area contributed by atoms with Crippen LogP contribution in [0.5, 0.6) is 5.75 Å². The Bertz CT molecular complexity index is 914. The number of nitrogens with one attached hydrogen (secondary N) is 1. The van der Waals surface area contributed by atoms with Gasteiger partial charge in [-0.05, 0) is 30.3 Å². The summed E-state index contributed by atoms with van der Waals surface area (Å²) in [5, 5.41) is 5.86. The highest BCUT2D eigenvalue weighted by molar-refractivity contribution is 7.14. The smallest absolute Gasteiger partial charge is 0.264 e. The van der Waals surface area contributed by atoms with E-state index in [4.69, 9.17) is 33.7 Å². The second-order valence-corrected chi connectivity index (χ2v) is 6.78. The summed E-state index contributed by atoms with van der Waals surface area (Å²) < 4.78 is 5.39. The van der Waals surface area contributed by atoms with Crippen LogP contribution in [0.25, 0.3) is 11.3 Å². The SMILES string of the molecule is Nc1cccc(-c2csc(NC(=O)COc3ccc(Cl)cc3Cl)n2)c1. The lowest BCUT2D eigenvalue weighted by atomic mass is 10.1. The number of halogens is 2. The highest BCUT2D eigenvalue weighted by Crippen LogP contribution is 2.28. The molecule has 0 aliphatic carbocycles. The number of carbonyl (C=O) groups is 1. The molecule has 5 nitrogen and oxygen atoms in total. The number of aromatic nitrogens is 1. The fraction of sp³-hybridized carbons (Fsp3) is 0.0588. The van der Waals surface area contributed by atoms with Crippen molar-refractivity contribution in [2.24, 2.45) is 0 Å². The van der Waals surface area contributed by atoms with Gasteiger partial charge in [-0.2, -0.15) is 0 Å². The van der Waals surface area contributed by atoms with Crippen LogP contribution in [-0.2, 0) is 4.79 Å². The molecule has 0 aliphatic heterocycles. The summed E-state index contributed by atoms with van der Waals surface area (Å²) in [7, 11) is 0. The third-order valence-electron chi connectivity index (χ3n) is 3.19. The number of nitrogens with zero attached hydrogens (tertiary/aromatic N) is 1. The number of nitrogen functional groups attached to an aromatic ring is 1. The number of ether oxygens (including phenoxy) is 1. The molecule has 1 heterocycles. The van der Waals surface area contributed by atoms with Crippen molar-refractivity contribution in [3.8, 4) is 17.0 Å². The van der Waals surface area contributed by atoms with Crippen molar-refractivity contribution in [2.45, 2.75) is 0 Å². The van der Waals surface area contributed by atoms with Crippen LogP contribution in [0.1, 0.15) is 0 Å². The highest BCUT2D eigenvalue weighted by Gasteiger charge is 2.10. The minimum Gasteiger partial charge on any atom is -0.482 e. The zero-order valence-corrected chi connectivity index (χ0v) is 15.2. The topological polar surface area (TPSA) is 77.2 Å². The van der Waals surface area contributed by atoms with Gasteiger partial charge in [-0.3, -0.25) is 10.1 Å². The Kier molecular flexibility index (Phi) is 5.43. The zero-order valence-electron chi connectivity index (χ0n) is 12.8. The van der Waals surface area contributed by atoms with Crippen molar-refractivity contribution < 1.29 is 9.53 Å². The van der Waals surface area contributed by atoms with E-state index in [9.17, 15) is 4.79 Å². The fourth-order valence-electron chi connectivity index (χ4n) is 2.05. The summed E-state index contributed by atoms with van der Waals surface area (Å²) in [6, 6.07) is 12.2. The molecule has 0 fully saturated rings. The Hall–Kier alpha value is -2.28. The maximum Gasteiger partial charge on any atom is 0.264 e. The number of rotatable bonds is 5. The van der Waals surface area contributed by atoms with Crippen LogP contribution in [-0.4, -0.2) is 17.5 Å². The Balaban J connectivity index is 1.60. The standard InChI is InChI=1S/C17H13Cl2N3O2S/c18-11-4-5-15(13(19)7-11)24-8-16(23)22-17-21-14(9-25-17)10-2-1-3-12(20)6-10/h1-7,9H,8,20H2,(H,21,22,23). The predicted molar refractivity (Wildman–Crippen MR) is 103 cm³/mol. The molecular formula is C17H13Cl2N3O2S. The molecule has 25 heavy (non-hydrogen) atoms. The van der Waals surface area contributed by atoms with Gasteiger partial charge < -0.3 is 10.5 Å². The van der Waals surface area contributed by atoms with Gasteiger partial charge in [0.2, 0.25) is 0 Å². The summed E-state index contributed by atoms with van der Waals surface area (Å²) in [6.45, 7) is -0.186. The summed E-state index contributed by atoms with van der Waals surface area (Å²) in [6.07, 6.45) is 0. The number of hydrogen-bond donors (Lipinski definition) is 2. The minimum atomic E-state index is -0.334. The number of amides is 1. The van der Waals surface area contributed by atoms with Crippen LogP contribution >= 0.6 is 34.5 Å². The van der Waals surface area contributed by atoms with Crippen molar-refractivity contribution in [2.75, 3.05) is 17.7 Å². The van der Waals surface area contributed by atoms with Gasteiger partial charge in [0.25, 0.3) is 5.91 Å². The van der Waals surface area contributed by atoms with E-state index in [0.717, 1.165) is 11.3 Å². The summed E-state index contributed by atoms with van der Waals surface area (Å²) in [5.41, 5.74) is 8.06. The first kappa shape index (κ1) is 17.5. The molecule has 0 atom stereocenters. The third-order valence-corrected chi connectivity index (χ3v) is 4.47. The molecular weight excluding hydrogens is 381 g/mol. The quantitative estimate of drug-likeness (QED) is 0.614. The first-order valence-corrected chi connectivity index (χ1v) is 8.84. The summed E-state index contributed by atoms with van der Waals surface area (Å²) in [4.78, 5) is 16.4. The van der Waals surface area contributed by atoms with E-state index in [2.05, 4.69) is 10.3 Å². The molecule has 0 saturated heterocycles. The third kappa shape index (κ3) is 4.63. The van der Waals surface area contributed by atoms with Crippen molar-refractivity contribution in [1.82, 2.24) is 4.98 Å². The van der Waals surface area contributed by atoms with Gasteiger partial charge in [-0.25, -0.2) is 4.98 Å². The first-order chi connectivity index (χ1) is 12.0. The molecule has 128 valence electrons. The van der Waals surface area contributed by atoms with Crippen LogP contribution in [0.3, 0.4) is 0 Å². The largest absolute Gasteiger partial charge is 0.482 e. The molecule has 3 aromatic rings. The number of anilines is 2. The highest BCUT2D eigenvalue weighted by atomic mass is 35.5. The van der Waals surface area contributed by atoms with Crippen LogP contribution in [0.4, 0.5) is 10.8 Å². The Morgan fingerprint density at radius 3 is 2.84 bits per heavy atom. The van der Waals surface area contributed by atoms with Crippen molar-refractivity contribution in [1.29, 1.82) is 0 Å². The van der Waals surface area contributed by atoms with E-state index in [1.807, 2.05) is 23.6 Å². The van der Waals surface area contributed by atoms with Crippen molar-refractivity contribution in [3.05, 3.63) is 57.9 Å². The monoisotopic (exact) mass is 393 g/mol. The number of hydrogen-bond acceptors (Lipinski definition) is 5. The van der Waals surface area contributed by atoms with Gasteiger partial charge in [0, 0.05) is 21.7 Å². The average Bonchev–Trinajstić information content (AvgIpc) is 3.02. The molecule has 1 aromatic heterocycles. The number of thiazole rings is 1. The van der Waals surface area contributed by atoms with Crippen LogP contribution in [0, 0.1) is 0 Å². The predicted octanol–water partition coefficient (Wildman–Crippen LogP) is 4.72. The molecule has 1 amide bonds. The molecule has 0 spiro atoms. The molecule has 0 unspecified atom stereocenters. The lowest BCUT2D eigenvalue weighted by Crippen LogP contribution is -2.20. The lowest BCUT2D eigenvalue weighted by molar-refractivity contribution is -0.118. The molecule has 8 heteroatoms. The maximum absolute atomic E-state index is 12.0. The summed E-state index contributed by atoms with van der Waals surface area (Å²) in [5.74, 6) is 0.0558. The Morgan fingerprint density at radius 1 is 1.24 bits per heavy atom. The van der Waals surface area contributed by atoms with Crippen molar-refractivity contribution >= 4 is 51.3 Å². The Labute approximate surface area is 158 Å². The van der Waals surface area contributed by atoms with Gasteiger partial charge in [0.1, 0.15) is 5.75 Å². The van der Waals surface area contributed by atoms with E-state index in [-0.39, 0.29) is 12.5 Å². The molecule has 3 N–H and O–H groups in total. The van der Waals surface area contributed by atoms with E-state index in [1.54, 1.807) is 24.3 Å². The van der Waals surface area contributed by atoms with Gasteiger partial charge in [0.15, 0.2) is 11.7 Å². The molecule has 3 rings (SSSR count). The van der Waals surface area contributed by atoms with E-state index in [0.29, 0.717) is 26.6 Å². The van der Waals surface area contributed by atoms with Crippen LogP contribution in [0.2, 0.25) is 10.0 Å². The Morgan fingerprint density at radius 2 is 2.08 bits per heavy atom. The van der Waals surface area contributed by atoms with E-state index in [1.165, 1.54) is 11.3 Å². The first-order valence-electron chi connectivity index (χ1n) is 7.20. The van der Waals surface area contributed by atoms with Gasteiger partial charge in [-0.1, -0.05) is 35.3 Å². The molecule has 2 aromatic carbocycles. The second kappa shape index (κ2) is 7.74. The maximum atomic E-state index is 12.0. The second-order valence-electron chi connectivity index (χ2n) is 5.07. The number of carbonyl (C=O) groups excluding carboxylic acids is 1. The van der Waals surface area contributed by atoms with Crippen LogP contribution < -0.4 is 15.8 Å². The average molecular weight is 394 g/mol. The number of nitrogens with two attached hydrogens (primary N) is 1.